The van der Waals surface area contributed by atoms with Gasteiger partial charge in [-0.25, -0.2) is 9.37 Å². The zero-order chi connectivity index (χ0) is 14.0. The molecule has 0 aliphatic carbocycles. The van der Waals surface area contributed by atoms with Crippen LogP contribution >= 0.6 is 11.3 Å². The van der Waals surface area contributed by atoms with Crippen molar-refractivity contribution >= 4 is 32.3 Å². The molecule has 5 rings (SSSR count). The Morgan fingerprint density at radius 1 is 1.05 bits per heavy atom. The summed E-state index contributed by atoms with van der Waals surface area (Å²) in [7, 11) is 0. The maximum atomic E-state index is 13.5. The molecular weight excluding hydrogens is 289 g/mol. The fraction of sp³-hybridized carbons (Fsp3) is 0.0625. The van der Waals surface area contributed by atoms with Crippen LogP contribution in [0.25, 0.3) is 31.6 Å². The number of aromatic nitrogens is 1. The van der Waals surface area contributed by atoms with Crippen LogP contribution in [0.15, 0.2) is 36.4 Å². The molecule has 21 heavy (non-hydrogen) atoms. The fourth-order valence-corrected chi connectivity index (χ4v) is 3.76. The quantitative estimate of drug-likeness (QED) is 0.481. The molecule has 0 saturated carbocycles. The van der Waals surface area contributed by atoms with Crippen molar-refractivity contribution in [1.82, 2.24) is 4.98 Å². The van der Waals surface area contributed by atoms with Crippen molar-refractivity contribution in [2.45, 2.75) is 0 Å². The van der Waals surface area contributed by atoms with E-state index in [0.29, 0.717) is 0 Å². The van der Waals surface area contributed by atoms with Gasteiger partial charge in [-0.05, 0) is 35.7 Å². The number of fused-ring (bicyclic) bond motifs is 5. The summed E-state index contributed by atoms with van der Waals surface area (Å²) in [5, 5.41) is 2.80. The predicted octanol–water partition coefficient (Wildman–Crippen LogP) is 4.42. The first-order valence-electron chi connectivity index (χ1n) is 6.50. The average Bonchev–Trinajstić information content (AvgIpc) is 3.06. The minimum atomic E-state index is -0.243. The van der Waals surface area contributed by atoms with Gasteiger partial charge in [0.15, 0.2) is 11.5 Å². The first kappa shape index (κ1) is 11.3. The number of rotatable bonds is 0. The Kier molecular flexibility index (Phi) is 2.06. The van der Waals surface area contributed by atoms with Crippen LogP contribution in [0.2, 0.25) is 0 Å². The van der Waals surface area contributed by atoms with Crippen LogP contribution in [0.4, 0.5) is 4.39 Å². The van der Waals surface area contributed by atoms with Gasteiger partial charge in [-0.2, -0.15) is 0 Å². The van der Waals surface area contributed by atoms with Crippen LogP contribution in [0, 0.1) is 5.82 Å². The number of halogens is 1. The average molecular weight is 297 g/mol. The summed E-state index contributed by atoms with van der Waals surface area (Å²) < 4.78 is 25.4. The molecule has 5 heteroatoms. The smallest absolute Gasteiger partial charge is 0.231 e. The highest BCUT2D eigenvalue weighted by Crippen LogP contribution is 2.43. The third-order valence-electron chi connectivity index (χ3n) is 3.71. The first-order valence-corrected chi connectivity index (χ1v) is 7.32. The van der Waals surface area contributed by atoms with Crippen LogP contribution in [0.5, 0.6) is 11.5 Å². The lowest BCUT2D eigenvalue weighted by molar-refractivity contribution is 0.174. The molecule has 0 bridgehead atoms. The van der Waals surface area contributed by atoms with Crippen molar-refractivity contribution in [2.75, 3.05) is 6.79 Å². The molecule has 0 saturated heterocycles. The molecule has 0 unspecified atom stereocenters. The summed E-state index contributed by atoms with van der Waals surface area (Å²) >= 11 is 1.58. The van der Waals surface area contributed by atoms with Gasteiger partial charge in [-0.1, -0.05) is 0 Å². The van der Waals surface area contributed by atoms with Gasteiger partial charge in [0.05, 0.1) is 5.52 Å². The summed E-state index contributed by atoms with van der Waals surface area (Å²) in [5.74, 6) is 1.27. The van der Waals surface area contributed by atoms with Gasteiger partial charge >= 0.3 is 0 Å². The Hall–Kier alpha value is -2.40. The lowest BCUT2D eigenvalue weighted by Crippen LogP contribution is -1.92. The van der Waals surface area contributed by atoms with Gasteiger partial charge in [-0.3, -0.25) is 0 Å². The predicted molar refractivity (Wildman–Crippen MR) is 79.8 cm³/mol. The summed E-state index contributed by atoms with van der Waals surface area (Å²) in [4.78, 5) is 4.58. The van der Waals surface area contributed by atoms with E-state index in [4.69, 9.17) is 9.47 Å². The lowest BCUT2D eigenvalue weighted by Gasteiger charge is -2.03. The van der Waals surface area contributed by atoms with Gasteiger partial charge in [-0.15, -0.1) is 11.3 Å². The number of nitrogens with zero attached hydrogens (tertiary/aromatic N) is 1. The van der Waals surface area contributed by atoms with Crippen molar-refractivity contribution in [3.8, 4) is 22.1 Å². The standard InChI is InChI=1S/C16H8FNO2S/c17-9-1-2-12-10(5-9)11-3-8-4-13-14(20-7-19-13)6-15(8)21-16(11)18-12/h1-6H,7H2. The molecule has 3 aliphatic heterocycles. The zero-order valence-electron chi connectivity index (χ0n) is 10.7. The van der Waals surface area contributed by atoms with E-state index in [1.807, 2.05) is 18.2 Å². The van der Waals surface area contributed by atoms with E-state index in [1.54, 1.807) is 17.4 Å². The summed E-state index contributed by atoms with van der Waals surface area (Å²) in [5.41, 5.74) is 1.79. The molecule has 2 aromatic carbocycles. The SMILES string of the molecule is Fc1ccc2nc3sc4cc5c(cc4cc-3c2c1)OCO5. The Bertz CT molecular complexity index is 995. The van der Waals surface area contributed by atoms with Crippen molar-refractivity contribution in [2.24, 2.45) is 0 Å². The monoisotopic (exact) mass is 297 g/mol. The second-order valence-corrected chi connectivity index (χ2v) is 6.01. The molecule has 0 amide bonds. The van der Waals surface area contributed by atoms with Crippen LogP contribution in [0.3, 0.4) is 0 Å². The van der Waals surface area contributed by atoms with Crippen molar-refractivity contribution in [3.63, 3.8) is 0 Å². The van der Waals surface area contributed by atoms with Gasteiger partial charge in [0.1, 0.15) is 10.8 Å². The molecule has 0 N–H and O–H groups in total. The normalized spacial score (nSPS) is 13.6. The van der Waals surface area contributed by atoms with Gasteiger partial charge in [0.2, 0.25) is 6.79 Å². The highest BCUT2D eigenvalue weighted by Gasteiger charge is 2.18. The zero-order valence-corrected chi connectivity index (χ0v) is 11.5. The highest BCUT2D eigenvalue weighted by atomic mass is 32.1. The van der Waals surface area contributed by atoms with Crippen LogP contribution in [0.1, 0.15) is 0 Å². The molecule has 3 nitrogen and oxygen atoms in total. The van der Waals surface area contributed by atoms with Crippen LogP contribution < -0.4 is 9.47 Å². The molecule has 102 valence electrons. The summed E-state index contributed by atoms with van der Waals surface area (Å²) in [6.07, 6.45) is 0. The Balaban J connectivity index is 1.90. The minimum Gasteiger partial charge on any atom is -0.454 e. The molecular formula is C16H8FNO2S. The van der Waals surface area contributed by atoms with E-state index in [2.05, 4.69) is 4.98 Å². The summed E-state index contributed by atoms with van der Waals surface area (Å²) in [6, 6.07) is 10.7. The minimum absolute atomic E-state index is 0.243. The van der Waals surface area contributed by atoms with Gasteiger partial charge in [0.25, 0.3) is 0 Å². The second-order valence-electron chi connectivity index (χ2n) is 4.98. The number of hydrogen-bond acceptors (Lipinski definition) is 4. The van der Waals surface area contributed by atoms with Crippen LogP contribution in [-0.4, -0.2) is 11.8 Å². The lowest BCUT2D eigenvalue weighted by atomic mass is 10.1. The maximum absolute atomic E-state index is 13.5. The van der Waals surface area contributed by atoms with Gasteiger partial charge in [0, 0.05) is 21.7 Å². The van der Waals surface area contributed by atoms with E-state index >= 15 is 0 Å². The third kappa shape index (κ3) is 1.55. The third-order valence-corrected chi connectivity index (χ3v) is 4.79. The van der Waals surface area contributed by atoms with E-state index in [0.717, 1.165) is 43.1 Å². The first-order chi connectivity index (χ1) is 10.3. The fourth-order valence-electron chi connectivity index (χ4n) is 2.72. The van der Waals surface area contributed by atoms with Gasteiger partial charge < -0.3 is 9.47 Å². The second kappa shape index (κ2) is 3.83. The molecule has 0 spiro atoms. The molecule has 3 heterocycles. The van der Waals surface area contributed by atoms with E-state index in [-0.39, 0.29) is 12.6 Å². The largest absolute Gasteiger partial charge is 0.454 e. The molecule has 3 aliphatic rings. The topological polar surface area (TPSA) is 31.4 Å². The van der Waals surface area contributed by atoms with Crippen LogP contribution in [-0.2, 0) is 0 Å². The number of ether oxygens (including phenoxy) is 2. The van der Waals surface area contributed by atoms with E-state index in [9.17, 15) is 4.39 Å². The van der Waals surface area contributed by atoms with Crippen molar-refractivity contribution in [3.05, 3.63) is 42.2 Å². The Morgan fingerprint density at radius 2 is 1.90 bits per heavy atom. The van der Waals surface area contributed by atoms with E-state index in [1.165, 1.54) is 12.1 Å². The van der Waals surface area contributed by atoms with E-state index < -0.39 is 0 Å². The molecule has 0 radical (unpaired) electrons. The molecule has 0 atom stereocenters. The molecule has 0 fully saturated rings. The highest BCUT2D eigenvalue weighted by molar-refractivity contribution is 7.21. The molecule has 0 aromatic heterocycles. The Morgan fingerprint density at radius 3 is 2.81 bits per heavy atom. The summed E-state index contributed by atoms with van der Waals surface area (Å²) in [6.45, 7) is 0.258. The molecule has 2 aromatic rings. The maximum Gasteiger partial charge on any atom is 0.231 e. The Labute approximate surface area is 122 Å². The van der Waals surface area contributed by atoms with Crippen molar-refractivity contribution in [1.29, 1.82) is 0 Å². The number of hydrogen-bond donors (Lipinski definition) is 0. The van der Waals surface area contributed by atoms with Crippen molar-refractivity contribution < 1.29 is 13.9 Å². The number of benzene rings is 2.